The van der Waals surface area contributed by atoms with Crippen molar-refractivity contribution in [3.05, 3.63) is 66.5 Å². The number of nitrogens with zero attached hydrogens (tertiary/aromatic N) is 2. The van der Waals surface area contributed by atoms with Gasteiger partial charge in [0, 0.05) is 29.6 Å². The average molecular weight is 490 g/mol. The van der Waals surface area contributed by atoms with E-state index in [0.717, 1.165) is 80.4 Å². The molecule has 0 bridgehead atoms. The van der Waals surface area contributed by atoms with Crippen LogP contribution in [0, 0.1) is 5.41 Å². The van der Waals surface area contributed by atoms with E-state index in [9.17, 15) is 0 Å². The normalized spacial score (nSPS) is 23.1. The Morgan fingerprint density at radius 3 is 2.22 bits per heavy atom. The molecule has 0 atom stereocenters. The molecule has 0 radical (unpaired) electrons. The van der Waals surface area contributed by atoms with Gasteiger partial charge in [-0.05, 0) is 25.8 Å². The third kappa shape index (κ3) is 6.06. The van der Waals surface area contributed by atoms with E-state index in [-0.39, 0.29) is 5.41 Å². The Hall–Kier alpha value is -2.51. The third-order valence-corrected chi connectivity index (χ3v) is 7.45. The SMILES string of the molecule is CCC[C@]1(CCCCN2CCOCC2)CO[C@@H](c2nc(-c3ccccc3)c(-c3ccccc3)[nH]2)OC1. The molecular weight excluding hydrogens is 450 g/mol. The van der Waals surface area contributed by atoms with E-state index in [4.69, 9.17) is 19.2 Å². The molecule has 36 heavy (non-hydrogen) atoms. The minimum Gasteiger partial charge on any atom is -0.379 e. The quantitative estimate of drug-likeness (QED) is 0.350. The molecule has 1 aromatic heterocycles. The fourth-order valence-corrected chi connectivity index (χ4v) is 5.48. The number of H-pyrrole nitrogens is 1. The van der Waals surface area contributed by atoms with Gasteiger partial charge in [0.1, 0.15) is 0 Å². The summed E-state index contributed by atoms with van der Waals surface area (Å²) >= 11 is 0. The van der Waals surface area contributed by atoms with Crippen molar-refractivity contribution in [3.63, 3.8) is 0 Å². The van der Waals surface area contributed by atoms with Gasteiger partial charge in [-0.15, -0.1) is 0 Å². The Balaban J connectivity index is 1.25. The van der Waals surface area contributed by atoms with Crippen molar-refractivity contribution in [1.82, 2.24) is 14.9 Å². The molecule has 192 valence electrons. The van der Waals surface area contributed by atoms with E-state index >= 15 is 0 Å². The number of aromatic amines is 1. The summed E-state index contributed by atoms with van der Waals surface area (Å²) in [7, 11) is 0. The van der Waals surface area contributed by atoms with Gasteiger partial charge >= 0.3 is 0 Å². The van der Waals surface area contributed by atoms with Crippen LogP contribution in [-0.2, 0) is 14.2 Å². The van der Waals surface area contributed by atoms with Gasteiger partial charge < -0.3 is 19.2 Å². The number of morpholine rings is 1. The Kier molecular flexibility index (Phi) is 8.49. The standard InChI is InChI=1S/C30H39N3O3/c1-2-15-30(16-9-10-17-33-18-20-34-21-19-33)22-35-29(36-23-30)28-31-26(24-11-5-3-6-12-24)27(32-28)25-13-7-4-8-14-25/h3-8,11-14,29H,2,9-10,15-23H2,1H3,(H,31,32)/t29-,30+. The summed E-state index contributed by atoms with van der Waals surface area (Å²) < 4.78 is 18.2. The molecule has 6 heteroatoms. The summed E-state index contributed by atoms with van der Waals surface area (Å²) in [4.78, 5) is 11.0. The monoisotopic (exact) mass is 489 g/mol. The van der Waals surface area contributed by atoms with Crippen molar-refractivity contribution in [1.29, 1.82) is 0 Å². The maximum atomic E-state index is 6.38. The summed E-state index contributed by atoms with van der Waals surface area (Å²) in [5.41, 5.74) is 4.20. The van der Waals surface area contributed by atoms with Crippen molar-refractivity contribution in [3.8, 4) is 22.5 Å². The predicted octanol–water partition coefficient (Wildman–Crippen LogP) is 6.08. The highest BCUT2D eigenvalue weighted by molar-refractivity contribution is 5.78. The van der Waals surface area contributed by atoms with Crippen LogP contribution in [0.5, 0.6) is 0 Å². The number of benzene rings is 2. The van der Waals surface area contributed by atoms with Crippen molar-refractivity contribution in [2.75, 3.05) is 46.1 Å². The molecule has 0 saturated carbocycles. The van der Waals surface area contributed by atoms with Gasteiger partial charge in [-0.25, -0.2) is 4.98 Å². The van der Waals surface area contributed by atoms with E-state index in [1.165, 1.54) is 12.8 Å². The maximum absolute atomic E-state index is 6.38. The first kappa shape index (κ1) is 25.2. The summed E-state index contributed by atoms with van der Waals surface area (Å²) in [5, 5.41) is 0. The highest BCUT2D eigenvalue weighted by Crippen LogP contribution is 2.40. The van der Waals surface area contributed by atoms with Crippen molar-refractivity contribution in [2.45, 2.75) is 45.3 Å². The molecule has 6 nitrogen and oxygen atoms in total. The maximum Gasteiger partial charge on any atom is 0.217 e. The molecule has 2 saturated heterocycles. The zero-order valence-electron chi connectivity index (χ0n) is 21.5. The van der Waals surface area contributed by atoms with Gasteiger partial charge in [0.05, 0.1) is 37.8 Å². The molecular formula is C30H39N3O3. The first-order valence-corrected chi connectivity index (χ1v) is 13.5. The Morgan fingerprint density at radius 2 is 1.56 bits per heavy atom. The van der Waals surface area contributed by atoms with Crippen LogP contribution in [-0.4, -0.2) is 60.9 Å². The van der Waals surface area contributed by atoms with Crippen molar-refractivity contribution in [2.24, 2.45) is 5.41 Å². The number of hydrogen-bond acceptors (Lipinski definition) is 5. The highest BCUT2D eigenvalue weighted by Gasteiger charge is 2.37. The van der Waals surface area contributed by atoms with Crippen LogP contribution >= 0.6 is 0 Å². The Bertz CT molecular complexity index is 999. The number of unbranched alkanes of at least 4 members (excludes halogenated alkanes) is 1. The van der Waals surface area contributed by atoms with E-state index in [0.29, 0.717) is 13.2 Å². The minimum atomic E-state index is -0.469. The molecule has 0 spiro atoms. The second-order valence-electron chi connectivity index (χ2n) is 10.2. The number of rotatable bonds is 10. The molecule has 5 rings (SSSR count). The lowest BCUT2D eigenvalue weighted by molar-refractivity contribution is -0.240. The van der Waals surface area contributed by atoms with E-state index in [1.54, 1.807) is 0 Å². The van der Waals surface area contributed by atoms with Crippen LogP contribution in [0.4, 0.5) is 0 Å². The molecule has 2 aromatic carbocycles. The van der Waals surface area contributed by atoms with Crippen LogP contribution < -0.4 is 0 Å². The molecule has 0 amide bonds. The lowest BCUT2D eigenvalue weighted by Crippen LogP contribution is -2.39. The number of ether oxygens (including phenoxy) is 3. The van der Waals surface area contributed by atoms with Gasteiger partial charge in [-0.1, -0.05) is 80.4 Å². The number of hydrogen-bond donors (Lipinski definition) is 1. The zero-order valence-corrected chi connectivity index (χ0v) is 21.5. The lowest BCUT2D eigenvalue weighted by atomic mass is 9.79. The fourth-order valence-electron chi connectivity index (χ4n) is 5.48. The van der Waals surface area contributed by atoms with Gasteiger partial charge in [-0.3, -0.25) is 4.90 Å². The van der Waals surface area contributed by atoms with Gasteiger partial charge in [0.25, 0.3) is 0 Å². The fraction of sp³-hybridized carbons (Fsp3) is 0.500. The first-order chi connectivity index (χ1) is 17.8. The van der Waals surface area contributed by atoms with E-state index in [1.807, 2.05) is 24.3 Å². The molecule has 2 aliphatic heterocycles. The van der Waals surface area contributed by atoms with Crippen LogP contribution in [0.2, 0.25) is 0 Å². The van der Waals surface area contributed by atoms with Gasteiger partial charge in [-0.2, -0.15) is 0 Å². The number of nitrogens with one attached hydrogen (secondary N) is 1. The van der Waals surface area contributed by atoms with Crippen LogP contribution in [0.25, 0.3) is 22.5 Å². The third-order valence-electron chi connectivity index (χ3n) is 7.45. The van der Waals surface area contributed by atoms with Crippen LogP contribution in [0.3, 0.4) is 0 Å². The molecule has 0 unspecified atom stereocenters. The zero-order chi connectivity index (χ0) is 24.6. The topological polar surface area (TPSA) is 59.6 Å². The van der Waals surface area contributed by atoms with Crippen molar-refractivity contribution >= 4 is 0 Å². The van der Waals surface area contributed by atoms with Crippen LogP contribution in [0.15, 0.2) is 60.7 Å². The summed E-state index contributed by atoms with van der Waals surface area (Å²) in [6.45, 7) is 8.71. The molecule has 2 fully saturated rings. The second kappa shape index (κ2) is 12.2. The minimum absolute atomic E-state index is 0.0906. The lowest BCUT2D eigenvalue weighted by Gasteiger charge is -2.40. The predicted molar refractivity (Wildman–Crippen MR) is 143 cm³/mol. The molecule has 0 aliphatic carbocycles. The molecule has 1 N–H and O–H groups in total. The second-order valence-corrected chi connectivity index (χ2v) is 10.2. The van der Waals surface area contributed by atoms with E-state index in [2.05, 4.69) is 53.2 Å². The molecule has 2 aliphatic rings. The van der Waals surface area contributed by atoms with Gasteiger partial charge in [0.15, 0.2) is 5.82 Å². The first-order valence-electron chi connectivity index (χ1n) is 13.5. The average Bonchev–Trinajstić information content (AvgIpc) is 3.39. The van der Waals surface area contributed by atoms with Crippen LogP contribution in [0.1, 0.15) is 51.1 Å². The summed E-state index contributed by atoms with van der Waals surface area (Å²) in [6, 6.07) is 20.7. The van der Waals surface area contributed by atoms with Crippen molar-refractivity contribution < 1.29 is 14.2 Å². The van der Waals surface area contributed by atoms with Gasteiger partial charge in [0.2, 0.25) is 6.29 Å². The molecule has 3 aromatic rings. The Labute approximate surface area is 215 Å². The number of imidazole rings is 1. The smallest absolute Gasteiger partial charge is 0.217 e. The van der Waals surface area contributed by atoms with E-state index < -0.39 is 6.29 Å². The largest absolute Gasteiger partial charge is 0.379 e. The summed E-state index contributed by atoms with van der Waals surface area (Å²) in [6.07, 6.45) is 5.35. The molecule has 3 heterocycles. The summed E-state index contributed by atoms with van der Waals surface area (Å²) in [5.74, 6) is 0.741. The number of aromatic nitrogens is 2. The Morgan fingerprint density at radius 1 is 0.889 bits per heavy atom. The highest BCUT2D eigenvalue weighted by atomic mass is 16.7.